The highest BCUT2D eigenvalue weighted by Crippen LogP contribution is 2.45. The van der Waals surface area contributed by atoms with Gasteiger partial charge in [0.05, 0.1) is 0 Å². The molecule has 0 bridgehead atoms. The molecule has 1 aromatic rings. The fourth-order valence-electron chi connectivity index (χ4n) is 2.90. The summed E-state index contributed by atoms with van der Waals surface area (Å²) in [6.07, 6.45) is 2.87. The molecule has 4 heteroatoms. The number of rotatable bonds is 3. The van der Waals surface area contributed by atoms with Crippen molar-refractivity contribution in [2.75, 3.05) is 13.1 Å². The molecule has 2 atom stereocenters. The van der Waals surface area contributed by atoms with Crippen molar-refractivity contribution in [2.24, 2.45) is 5.41 Å². The first-order valence-corrected chi connectivity index (χ1v) is 7.36. The molecule has 0 radical (unpaired) electrons. The summed E-state index contributed by atoms with van der Waals surface area (Å²) in [6.45, 7) is 3.67. The van der Waals surface area contributed by atoms with Gasteiger partial charge < -0.3 is 10.6 Å². The van der Waals surface area contributed by atoms with E-state index < -0.39 is 0 Å². The van der Waals surface area contributed by atoms with Crippen molar-refractivity contribution in [1.29, 1.82) is 0 Å². The van der Waals surface area contributed by atoms with E-state index in [0.29, 0.717) is 0 Å². The van der Waals surface area contributed by atoms with Gasteiger partial charge in [0, 0.05) is 23.9 Å². The van der Waals surface area contributed by atoms with E-state index in [4.69, 9.17) is 0 Å². The summed E-state index contributed by atoms with van der Waals surface area (Å²) < 4.78 is 13.4. The number of benzene rings is 1. The molecular formula is C16H21FN2O. The van der Waals surface area contributed by atoms with Gasteiger partial charge in [-0.2, -0.15) is 0 Å². The molecule has 0 aromatic heterocycles. The molecule has 20 heavy (non-hydrogen) atoms. The highest BCUT2D eigenvalue weighted by Gasteiger charge is 2.46. The molecule has 2 N–H and O–H groups in total. The highest BCUT2D eigenvalue weighted by molar-refractivity contribution is 5.85. The summed E-state index contributed by atoms with van der Waals surface area (Å²) in [4.78, 5) is 12.2. The third-order valence-corrected chi connectivity index (χ3v) is 4.62. The van der Waals surface area contributed by atoms with Crippen LogP contribution < -0.4 is 10.6 Å². The standard InChI is InChI=1S/C16H21FN2O/c1-16(6-7-16)15(20)19-14-10-18-8-5-13(14)11-3-2-4-12(17)9-11/h2-4,9,13-14,18H,5-8,10H2,1H3,(H,19,20). The summed E-state index contributed by atoms with van der Waals surface area (Å²) in [7, 11) is 0. The number of halogens is 1. The van der Waals surface area contributed by atoms with Crippen LogP contribution in [-0.2, 0) is 4.79 Å². The number of hydrogen-bond acceptors (Lipinski definition) is 2. The van der Waals surface area contributed by atoms with Gasteiger partial charge in [-0.1, -0.05) is 19.1 Å². The third-order valence-electron chi connectivity index (χ3n) is 4.62. The Morgan fingerprint density at radius 2 is 2.25 bits per heavy atom. The molecule has 1 amide bonds. The van der Waals surface area contributed by atoms with E-state index in [2.05, 4.69) is 10.6 Å². The Hall–Kier alpha value is -1.42. The lowest BCUT2D eigenvalue weighted by Gasteiger charge is -2.34. The maximum atomic E-state index is 13.4. The number of hydrogen-bond donors (Lipinski definition) is 2. The monoisotopic (exact) mass is 276 g/mol. The molecule has 3 nitrogen and oxygen atoms in total. The summed E-state index contributed by atoms with van der Waals surface area (Å²) in [6, 6.07) is 6.80. The molecule has 2 aliphatic rings. The zero-order valence-electron chi connectivity index (χ0n) is 11.8. The number of piperidine rings is 1. The molecule has 1 aliphatic heterocycles. The predicted molar refractivity (Wildman–Crippen MR) is 75.9 cm³/mol. The molecule has 1 saturated heterocycles. The van der Waals surface area contributed by atoms with Crippen molar-refractivity contribution in [2.45, 2.75) is 38.1 Å². The molecule has 1 aliphatic carbocycles. The summed E-state index contributed by atoms with van der Waals surface area (Å²) in [5.41, 5.74) is 0.821. The van der Waals surface area contributed by atoms with E-state index in [1.807, 2.05) is 13.0 Å². The van der Waals surface area contributed by atoms with E-state index in [1.165, 1.54) is 6.07 Å². The van der Waals surface area contributed by atoms with Gasteiger partial charge in [0.15, 0.2) is 0 Å². The average molecular weight is 276 g/mol. The van der Waals surface area contributed by atoms with Crippen LogP contribution in [0.25, 0.3) is 0 Å². The molecule has 1 aromatic carbocycles. The second kappa shape index (κ2) is 5.17. The van der Waals surface area contributed by atoms with Crippen LogP contribution in [-0.4, -0.2) is 25.0 Å². The topological polar surface area (TPSA) is 41.1 Å². The molecule has 2 unspecified atom stereocenters. The van der Waals surface area contributed by atoms with Crippen molar-refractivity contribution in [3.8, 4) is 0 Å². The van der Waals surface area contributed by atoms with Crippen LogP contribution in [0.1, 0.15) is 37.7 Å². The maximum absolute atomic E-state index is 13.4. The zero-order valence-corrected chi connectivity index (χ0v) is 11.8. The Morgan fingerprint density at radius 1 is 1.45 bits per heavy atom. The van der Waals surface area contributed by atoms with Crippen molar-refractivity contribution in [3.63, 3.8) is 0 Å². The fourth-order valence-corrected chi connectivity index (χ4v) is 2.90. The molecular weight excluding hydrogens is 255 g/mol. The van der Waals surface area contributed by atoms with Crippen LogP contribution in [0.15, 0.2) is 24.3 Å². The molecule has 1 saturated carbocycles. The minimum Gasteiger partial charge on any atom is -0.351 e. The first kappa shape index (κ1) is 13.6. The van der Waals surface area contributed by atoms with Gasteiger partial charge in [-0.05, 0) is 43.5 Å². The maximum Gasteiger partial charge on any atom is 0.226 e. The Kier molecular flexibility index (Phi) is 3.50. The highest BCUT2D eigenvalue weighted by atomic mass is 19.1. The van der Waals surface area contributed by atoms with Crippen molar-refractivity contribution in [3.05, 3.63) is 35.6 Å². The Bertz CT molecular complexity index is 513. The molecule has 3 rings (SSSR count). The van der Waals surface area contributed by atoms with Crippen molar-refractivity contribution >= 4 is 5.91 Å². The Morgan fingerprint density at radius 3 is 2.95 bits per heavy atom. The van der Waals surface area contributed by atoms with Crippen LogP contribution in [0.2, 0.25) is 0 Å². The van der Waals surface area contributed by atoms with E-state index in [0.717, 1.165) is 37.9 Å². The van der Waals surface area contributed by atoms with Gasteiger partial charge in [0.2, 0.25) is 5.91 Å². The third kappa shape index (κ3) is 2.70. The minimum atomic E-state index is -0.208. The second-order valence-electron chi connectivity index (χ2n) is 6.29. The van der Waals surface area contributed by atoms with Gasteiger partial charge >= 0.3 is 0 Å². The van der Waals surface area contributed by atoms with E-state index >= 15 is 0 Å². The van der Waals surface area contributed by atoms with Gasteiger partial charge in [0.1, 0.15) is 5.82 Å². The summed E-state index contributed by atoms with van der Waals surface area (Å²) >= 11 is 0. The van der Waals surface area contributed by atoms with Crippen LogP contribution in [0.5, 0.6) is 0 Å². The molecule has 2 fully saturated rings. The SMILES string of the molecule is CC1(C(=O)NC2CNCCC2c2cccc(F)c2)CC1. The minimum absolute atomic E-state index is 0.0514. The predicted octanol–water partition coefficient (Wildman–Crippen LogP) is 2.19. The quantitative estimate of drug-likeness (QED) is 0.888. The van der Waals surface area contributed by atoms with E-state index in [1.54, 1.807) is 12.1 Å². The van der Waals surface area contributed by atoms with E-state index in [9.17, 15) is 9.18 Å². The number of carbonyl (C=O) groups excluding carboxylic acids is 1. The van der Waals surface area contributed by atoms with Crippen LogP contribution in [0.4, 0.5) is 4.39 Å². The largest absolute Gasteiger partial charge is 0.351 e. The van der Waals surface area contributed by atoms with Gasteiger partial charge in [-0.3, -0.25) is 4.79 Å². The summed E-state index contributed by atoms with van der Waals surface area (Å²) in [5.74, 6) is 0.131. The number of amides is 1. The van der Waals surface area contributed by atoms with E-state index in [-0.39, 0.29) is 29.1 Å². The Labute approximate surface area is 118 Å². The van der Waals surface area contributed by atoms with Crippen molar-refractivity contribution < 1.29 is 9.18 Å². The fraction of sp³-hybridized carbons (Fsp3) is 0.562. The first-order chi connectivity index (χ1) is 9.58. The number of carbonyl (C=O) groups is 1. The van der Waals surface area contributed by atoms with Crippen LogP contribution in [0, 0.1) is 11.2 Å². The average Bonchev–Trinajstić information content (AvgIpc) is 3.19. The zero-order chi connectivity index (χ0) is 14.2. The van der Waals surface area contributed by atoms with Crippen molar-refractivity contribution in [1.82, 2.24) is 10.6 Å². The first-order valence-electron chi connectivity index (χ1n) is 7.36. The van der Waals surface area contributed by atoms with Gasteiger partial charge in [0.25, 0.3) is 0 Å². The number of nitrogens with one attached hydrogen (secondary N) is 2. The normalized spacial score (nSPS) is 27.9. The molecule has 1 heterocycles. The summed E-state index contributed by atoms with van der Waals surface area (Å²) in [5, 5.41) is 6.48. The second-order valence-corrected chi connectivity index (χ2v) is 6.29. The van der Waals surface area contributed by atoms with Crippen LogP contribution >= 0.6 is 0 Å². The Balaban J connectivity index is 1.75. The van der Waals surface area contributed by atoms with Crippen LogP contribution in [0.3, 0.4) is 0 Å². The van der Waals surface area contributed by atoms with Gasteiger partial charge in [-0.15, -0.1) is 0 Å². The lowest BCUT2D eigenvalue weighted by molar-refractivity contribution is -0.126. The lowest BCUT2D eigenvalue weighted by atomic mass is 9.85. The van der Waals surface area contributed by atoms with Gasteiger partial charge in [-0.25, -0.2) is 4.39 Å². The molecule has 0 spiro atoms. The molecule has 108 valence electrons. The lowest BCUT2D eigenvalue weighted by Crippen LogP contribution is -2.51. The smallest absolute Gasteiger partial charge is 0.226 e.